The number of hydrogen-bond acceptors (Lipinski definition) is 4. The van der Waals surface area contributed by atoms with Crippen molar-refractivity contribution < 1.29 is 9.47 Å². The van der Waals surface area contributed by atoms with E-state index in [1.165, 1.54) is 0 Å². The molecule has 4 nitrogen and oxygen atoms in total. The van der Waals surface area contributed by atoms with Gasteiger partial charge in [0.05, 0.1) is 11.9 Å². The van der Waals surface area contributed by atoms with Gasteiger partial charge in [0.1, 0.15) is 24.7 Å². The third-order valence-corrected chi connectivity index (χ3v) is 3.58. The first-order valence-electron chi connectivity index (χ1n) is 7.87. The SMILES string of the molecule is NCc1ncc(OCc2ccccc2)cc1OCc1ccccc1. The Bertz CT molecular complexity index is 761. The highest BCUT2D eigenvalue weighted by Gasteiger charge is 2.07. The van der Waals surface area contributed by atoms with Crippen molar-refractivity contribution in [1.82, 2.24) is 4.98 Å². The van der Waals surface area contributed by atoms with Crippen LogP contribution in [0.5, 0.6) is 11.5 Å². The van der Waals surface area contributed by atoms with Crippen LogP contribution in [-0.4, -0.2) is 4.98 Å². The molecule has 0 bridgehead atoms. The van der Waals surface area contributed by atoms with Gasteiger partial charge in [-0.2, -0.15) is 0 Å². The van der Waals surface area contributed by atoms with Gasteiger partial charge in [0.15, 0.2) is 0 Å². The van der Waals surface area contributed by atoms with Crippen LogP contribution < -0.4 is 15.2 Å². The normalized spacial score (nSPS) is 10.4. The van der Waals surface area contributed by atoms with Crippen molar-refractivity contribution in [3.8, 4) is 11.5 Å². The second-order valence-electron chi connectivity index (χ2n) is 5.37. The predicted octanol–water partition coefficient (Wildman–Crippen LogP) is 3.70. The van der Waals surface area contributed by atoms with E-state index in [1.54, 1.807) is 6.20 Å². The molecule has 0 unspecified atom stereocenters. The number of aromatic nitrogens is 1. The van der Waals surface area contributed by atoms with Gasteiger partial charge in [-0.3, -0.25) is 4.98 Å². The summed E-state index contributed by atoms with van der Waals surface area (Å²) in [5, 5.41) is 0. The Kier molecular flexibility index (Phi) is 5.43. The zero-order valence-electron chi connectivity index (χ0n) is 13.4. The Hall–Kier alpha value is -2.85. The molecule has 0 spiro atoms. The molecular formula is C20H20N2O2. The van der Waals surface area contributed by atoms with E-state index < -0.39 is 0 Å². The summed E-state index contributed by atoms with van der Waals surface area (Å²) in [6.45, 7) is 1.28. The summed E-state index contributed by atoms with van der Waals surface area (Å²) >= 11 is 0. The van der Waals surface area contributed by atoms with Crippen LogP contribution in [0.1, 0.15) is 16.8 Å². The molecule has 0 amide bonds. The smallest absolute Gasteiger partial charge is 0.146 e. The van der Waals surface area contributed by atoms with E-state index in [-0.39, 0.29) is 0 Å². The molecule has 3 rings (SSSR count). The first kappa shape index (κ1) is 16.0. The largest absolute Gasteiger partial charge is 0.487 e. The molecule has 24 heavy (non-hydrogen) atoms. The van der Waals surface area contributed by atoms with Crippen LogP contribution in [0.25, 0.3) is 0 Å². The highest BCUT2D eigenvalue weighted by Crippen LogP contribution is 2.24. The summed E-state index contributed by atoms with van der Waals surface area (Å²) in [5.41, 5.74) is 8.67. The Morgan fingerprint density at radius 1 is 0.792 bits per heavy atom. The minimum atomic E-state index is 0.323. The zero-order chi connectivity index (χ0) is 16.6. The van der Waals surface area contributed by atoms with Crippen molar-refractivity contribution in [1.29, 1.82) is 0 Å². The summed E-state index contributed by atoms with van der Waals surface area (Å²) < 4.78 is 11.7. The van der Waals surface area contributed by atoms with E-state index in [2.05, 4.69) is 4.98 Å². The molecular weight excluding hydrogens is 300 g/mol. The Labute approximate surface area is 141 Å². The summed E-state index contributed by atoms with van der Waals surface area (Å²) in [6.07, 6.45) is 1.68. The van der Waals surface area contributed by atoms with Gasteiger partial charge in [0.2, 0.25) is 0 Å². The molecule has 0 fully saturated rings. The van der Waals surface area contributed by atoms with E-state index >= 15 is 0 Å². The van der Waals surface area contributed by atoms with Crippen LogP contribution in [0.2, 0.25) is 0 Å². The quantitative estimate of drug-likeness (QED) is 0.721. The fourth-order valence-electron chi connectivity index (χ4n) is 2.29. The van der Waals surface area contributed by atoms with Crippen LogP contribution >= 0.6 is 0 Å². The monoisotopic (exact) mass is 320 g/mol. The minimum Gasteiger partial charge on any atom is -0.487 e. The number of pyridine rings is 1. The molecule has 2 N–H and O–H groups in total. The third kappa shape index (κ3) is 4.33. The van der Waals surface area contributed by atoms with E-state index in [0.29, 0.717) is 31.3 Å². The summed E-state index contributed by atoms with van der Waals surface area (Å²) in [7, 11) is 0. The highest BCUT2D eigenvalue weighted by molar-refractivity contribution is 5.35. The molecule has 1 heterocycles. The lowest BCUT2D eigenvalue weighted by molar-refractivity contribution is 0.285. The van der Waals surface area contributed by atoms with Crippen LogP contribution in [0.15, 0.2) is 72.9 Å². The molecule has 0 saturated carbocycles. The predicted molar refractivity (Wildman–Crippen MR) is 93.7 cm³/mol. The first-order chi connectivity index (χ1) is 11.8. The van der Waals surface area contributed by atoms with Gasteiger partial charge in [-0.05, 0) is 11.1 Å². The van der Waals surface area contributed by atoms with Crippen molar-refractivity contribution in [2.45, 2.75) is 19.8 Å². The molecule has 0 radical (unpaired) electrons. The van der Waals surface area contributed by atoms with Crippen molar-refractivity contribution in [2.75, 3.05) is 0 Å². The molecule has 1 aromatic heterocycles. The van der Waals surface area contributed by atoms with Gasteiger partial charge in [-0.1, -0.05) is 60.7 Å². The Morgan fingerprint density at radius 2 is 1.38 bits per heavy atom. The van der Waals surface area contributed by atoms with Crippen molar-refractivity contribution in [3.05, 3.63) is 89.7 Å². The Morgan fingerprint density at radius 3 is 1.96 bits per heavy atom. The number of nitrogens with zero attached hydrogens (tertiary/aromatic N) is 1. The lowest BCUT2D eigenvalue weighted by Gasteiger charge is -2.12. The van der Waals surface area contributed by atoms with Gasteiger partial charge >= 0.3 is 0 Å². The summed E-state index contributed by atoms with van der Waals surface area (Å²) in [5.74, 6) is 1.33. The minimum absolute atomic E-state index is 0.323. The second-order valence-corrected chi connectivity index (χ2v) is 5.37. The third-order valence-electron chi connectivity index (χ3n) is 3.58. The molecule has 122 valence electrons. The van der Waals surface area contributed by atoms with Crippen molar-refractivity contribution in [2.24, 2.45) is 5.73 Å². The van der Waals surface area contributed by atoms with E-state index in [0.717, 1.165) is 16.8 Å². The fraction of sp³-hybridized carbons (Fsp3) is 0.150. The zero-order valence-corrected chi connectivity index (χ0v) is 13.4. The molecule has 4 heteroatoms. The lowest BCUT2D eigenvalue weighted by atomic mass is 10.2. The highest BCUT2D eigenvalue weighted by atomic mass is 16.5. The van der Waals surface area contributed by atoms with Crippen molar-refractivity contribution in [3.63, 3.8) is 0 Å². The standard InChI is InChI=1S/C20H20N2O2/c21-12-19-20(24-15-17-9-5-2-6-10-17)11-18(13-22-19)23-14-16-7-3-1-4-8-16/h1-11,13H,12,14-15,21H2. The molecule has 0 aliphatic heterocycles. The van der Waals surface area contributed by atoms with E-state index in [9.17, 15) is 0 Å². The fourth-order valence-corrected chi connectivity index (χ4v) is 2.29. The molecule has 0 saturated heterocycles. The second kappa shape index (κ2) is 8.13. The Balaban J connectivity index is 1.68. The number of ether oxygens (including phenoxy) is 2. The van der Waals surface area contributed by atoms with Crippen LogP contribution in [0, 0.1) is 0 Å². The number of hydrogen-bond donors (Lipinski definition) is 1. The average molecular weight is 320 g/mol. The van der Waals surface area contributed by atoms with Crippen LogP contribution in [0.3, 0.4) is 0 Å². The maximum atomic E-state index is 5.88. The van der Waals surface area contributed by atoms with Gasteiger partial charge in [-0.25, -0.2) is 0 Å². The van der Waals surface area contributed by atoms with Gasteiger partial charge in [0.25, 0.3) is 0 Å². The van der Waals surface area contributed by atoms with Crippen LogP contribution in [-0.2, 0) is 19.8 Å². The molecule has 3 aromatic rings. The van der Waals surface area contributed by atoms with Crippen molar-refractivity contribution >= 4 is 0 Å². The molecule has 0 aliphatic rings. The topological polar surface area (TPSA) is 57.4 Å². The number of benzene rings is 2. The van der Waals surface area contributed by atoms with Gasteiger partial charge in [0, 0.05) is 12.6 Å². The number of nitrogens with two attached hydrogens (primary N) is 1. The number of rotatable bonds is 7. The van der Waals surface area contributed by atoms with Gasteiger partial charge in [-0.15, -0.1) is 0 Å². The maximum Gasteiger partial charge on any atom is 0.146 e. The lowest BCUT2D eigenvalue weighted by Crippen LogP contribution is -2.06. The molecule has 2 aromatic carbocycles. The summed E-state index contributed by atoms with van der Waals surface area (Å²) in [6, 6.07) is 21.8. The molecule has 0 aliphatic carbocycles. The average Bonchev–Trinajstić information content (AvgIpc) is 2.66. The van der Waals surface area contributed by atoms with E-state index in [4.69, 9.17) is 15.2 Å². The first-order valence-corrected chi connectivity index (χ1v) is 7.87. The maximum absolute atomic E-state index is 5.88. The van der Waals surface area contributed by atoms with Crippen LogP contribution in [0.4, 0.5) is 0 Å². The summed E-state index contributed by atoms with van der Waals surface area (Å²) in [4.78, 5) is 4.35. The van der Waals surface area contributed by atoms with E-state index in [1.807, 2.05) is 66.7 Å². The molecule has 0 atom stereocenters. The van der Waals surface area contributed by atoms with Gasteiger partial charge < -0.3 is 15.2 Å².